The highest BCUT2D eigenvalue weighted by Gasteiger charge is 2.19. The second kappa shape index (κ2) is 5.55. The fraction of sp³-hybridized carbons (Fsp3) is 1.00. The average Bonchev–Trinajstić information content (AvgIpc) is 2.00. The van der Waals surface area contributed by atoms with Crippen molar-refractivity contribution in [1.29, 1.82) is 0 Å². The molecular weight excluding hydrogens is 150 g/mol. The number of likely N-dealkylation sites (N-methyl/N-ethyl adjacent to an activating group) is 1. The summed E-state index contributed by atoms with van der Waals surface area (Å²) in [7, 11) is 2.12. The Morgan fingerprint density at radius 2 is 1.83 bits per heavy atom. The maximum atomic E-state index is 5.71. The Labute approximate surface area is 76.9 Å². The van der Waals surface area contributed by atoms with E-state index in [1.807, 2.05) is 0 Å². The summed E-state index contributed by atoms with van der Waals surface area (Å²) in [4.78, 5) is 2.27. The minimum atomic E-state index is 0.000764. The second-order valence-electron chi connectivity index (χ2n) is 3.94. The Morgan fingerprint density at radius 1 is 1.25 bits per heavy atom. The van der Waals surface area contributed by atoms with Crippen LogP contribution in [0.3, 0.4) is 0 Å². The number of nitrogens with zero attached hydrogens (tertiary/aromatic N) is 1. The molecule has 0 amide bonds. The van der Waals surface area contributed by atoms with Gasteiger partial charge in [0, 0.05) is 13.2 Å². The molecule has 0 heterocycles. The molecule has 74 valence electrons. The maximum Gasteiger partial charge on any atom is 0.0752 e. The third kappa shape index (κ3) is 5.56. The van der Waals surface area contributed by atoms with Gasteiger partial charge in [0.25, 0.3) is 0 Å². The summed E-state index contributed by atoms with van der Waals surface area (Å²) in [5.41, 5.74) is 0.000764. The summed E-state index contributed by atoms with van der Waals surface area (Å²) in [6.07, 6.45) is 1.10. The molecule has 12 heavy (non-hydrogen) atoms. The van der Waals surface area contributed by atoms with Gasteiger partial charge in [0.2, 0.25) is 0 Å². The number of hydrogen-bond donors (Lipinski definition) is 0. The van der Waals surface area contributed by atoms with Gasteiger partial charge in [0.1, 0.15) is 0 Å². The van der Waals surface area contributed by atoms with E-state index in [-0.39, 0.29) is 5.60 Å². The van der Waals surface area contributed by atoms with Crippen LogP contribution in [0.1, 0.15) is 34.1 Å². The van der Waals surface area contributed by atoms with Gasteiger partial charge in [-0.1, -0.05) is 13.8 Å². The molecule has 0 spiro atoms. The van der Waals surface area contributed by atoms with Crippen LogP contribution in [0.2, 0.25) is 0 Å². The van der Waals surface area contributed by atoms with E-state index in [9.17, 15) is 0 Å². The van der Waals surface area contributed by atoms with Gasteiger partial charge < -0.3 is 9.64 Å². The van der Waals surface area contributed by atoms with Gasteiger partial charge in [0.05, 0.1) is 5.60 Å². The Bertz CT molecular complexity index is 112. The fourth-order valence-corrected chi connectivity index (χ4v) is 1.19. The van der Waals surface area contributed by atoms with Crippen molar-refractivity contribution in [1.82, 2.24) is 4.90 Å². The quantitative estimate of drug-likeness (QED) is 0.610. The van der Waals surface area contributed by atoms with Gasteiger partial charge in [-0.25, -0.2) is 0 Å². The first-order chi connectivity index (χ1) is 5.52. The first-order valence-corrected chi connectivity index (χ1v) is 4.84. The van der Waals surface area contributed by atoms with Crippen molar-refractivity contribution in [2.24, 2.45) is 0 Å². The molecule has 0 saturated heterocycles. The van der Waals surface area contributed by atoms with Gasteiger partial charge in [0.15, 0.2) is 0 Å². The van der Waals surface area contributed by atoms with Crippen LogP contribution in [0, 0.1) is 0 Å². The molecule has 0 aliphatic carbocycles. The number of ether oxygens (including phenoxy) is 1. The lowest BCUT2D eigenvalue weighted by Gasteiger charge is -2.29. The lowest BCUT2D eigenvalue weighted by molar-refractivity contribution is -0.0350. The summed E-state index contributed by atoms with van der Waals surface area (Å²) in [5, 5.41) is 0. The van der Waals surface area contributed by atoms with Gasteiger partial charge in [-0.15, -0.1) is 0 Å². The van der Waals surface area contributed by atoms with Crippen LogP contribution in [-0.2, 0) is 4.74 Å². The predicted molar refractivity (Wildman–Crippen MR) is 53.5 cm³/mol. The minimum Gasteiger partial charge on any atom is -0.374 e. The van der Waals surface area contributed by atoms with Crippen molar-refractivity contribution in [3.63, 3.8) is 0 Å². The van der Waals surface area contributed by atoms with E-state index in [1.54, 1.807) is 0 Å². The van der Waals surface area contributed by atoms with Crippen molar-refractivity contribution in [2.75, 3.05) is 26.7 Å². The Morgan fingerprint density at radius 3 is 2.25 bits per heavy atom. The maximum absolute atomic E-state index is 5.71. The number of rotatable bonds is 6. The molecule has 0 aromatic rings. The van der Waals surface area contributed by atoms with Crippen LogP contribution in [0.15, 0.2) is 0 Å². The zero-order valence-electron chi connectivity index (χ0n) is 9.18. The molecule has 0 radical (unpaired) electrons. The van der Waals surface area contributed by atoms with E-state index in [0.29, 0.717) is 0 Å². The molecule has 2 nitrogen and oxygen atoms in total. The molecule has 0 saturated carbocycles. The van der Waals surface area contributed by atoms with Crippen LogP contribution in [0.5, 0.6) is 0 Å². The van der Waals surface area contributed by atoms with Crippen molar-refractivity contribution in [3.05, 3.63) is 0 Å². The smallest absolute Gasteiger partial charge is 0.0752 e. The normalized spacial score (nSPS) is 12.5. The summed E-state index contributed by atoms with van der Waals surface area (Å²) < 4.78 is 5.71. The SMILES string of the molecule is CCCOC(C)(C)CN(C)CC. The molecule has 0 aromatic carbocycles. The summed E-state index contributed by atoms with van der Waals surface area (Å²) in [5.74, 6) is 0. The van der Waals surface area contributed by atoms with Crippen molar-refractivity contribution >= 4 is 0 Å². The predicted octanol–water partition coefficient (Wildman–Crippen LogP) is 2.14. The van der Waals surface area contributed by atoms with Crippen LogP contribution >= 0.6 is 0 Å². The zero-order chi connectivity index (χ0) is 9.61. The molecule has 0 bridgehead atoms. The van der Waals surface area contributed by atoms with E-state index >= 15 is 0 Å². The van der Waals surface area contributed by atoms with Crippen LogP contribution < -0.4 is 0 Å². The topological polar surface area (TPSA) is 12.5 Å². The monoisotopic (exact) mass is 173 g/mol. The Kier molecular flexibility index (Phi) is 5.51. The molecule has 2 heteroatoms. The zero-order valence-corrected chi connectivity index (χ0v) is 9.18. The van der Waals surface area contributed by atoms with E-state index in [1.165, 1.54) is 0 Å². The van der Waals surface area contributed by atoms with Gasteiger partial charge in [-0.2, -0.15) is 0 Å². The van der Waals surface area contributed by atoms with E-state index in [0.717, 1.165) is 26.1 Å². The third-order valence-electron chi connectivity index (χ3n) is 1.89. The molecule has 0 fully saturated rings. The third-order valence-corrected chi connectivity index (χ3v) is 1.89. The lowest BCUT2D eigenvalue weighted by Crippen LogP contribution is -2.38. The van der Waals surface area contributed by atoms with Crippen LogP contribution in [0.25, 0.3) is 0 Å². The molecule has 0 aliphatic rings. The Balaban J connectivity index is 3.69. The first-order valence-electron chi connectivity index (χ1n) is 4.84. The molecular formula is C10H23NO. The van der Waals surface area contributed by atoms with E-state index < -0.39 is 0 Å². The van der Waals surface area contributed by atoms with Crippen LogP contribution in [0.4, 0.5) is 0 Å². The average molecular weight is 173 g/mol. The first kappa shape index (κ1) is 11.9. The highest BCUT2D eigenvalue weighted by molar-refractivity contribution is 4.72. The number of hydrogen-bond acceptors (Lipinski definition) is 2. The molecule has 0 N–H and O–H groups in total. The molecule has 0 aliphatic heterocycles. The Hall–Kier alpha value is -0.0800. The minimum absolute atomic E-state index is 0.000764. The van der Waals surface area contributed by atoms with Crippen LogP contribution in [-0.4, -0.2) is 37.2 Å². The molecule has 0 rings (SSSR count). The highest BCUT2D eigenvalue weighted by Crippen LogP contribution is 2.10. The molecule has 0 unspecified atom stereocenters. The lowest BCUT2D eigenvalue weighted by atomic mass is 10.1. The summed E-state index contributed by atoms with van der Waals surface area (Å²) in [6.45, 7) is 11.5. The van der Waals surface area contributed by atoms with E-state index in [4.69, 9.17) is 4.74 Å². The standard InChI is InChI=1S/C10H23NO/c1-6-8-12-10(3,4)9-11(5)7-2/h6-9H2,1-5H3. The molecule has 0 aromatic heterocycles. The second-order valence-corrected chi connectivity index (χ2v) is 3.94. The largest absolute Gasteiger partial charge is 0.374 e. The van der Waals surface area contributed by atoms with Gasteiger partial charge in [-0.05, 0) is 33.9 Å². The van der Waals surface area contributed by atoms with Crippen molar-refractivity contribution < 1.29 is 4.74 Å². The molecule has 0 atom stereocenters. The van der Waals surface area contributed by atoms with Crippen molar-refractivity contribution in [2.45, 2.75) is 39.7 Å². The fourth-order valence-electron chi connectivity index (χ4n) is 1.19. The highest BCUT2D eigenvalue weighted by atomic mass is 16.5. The summed E-state index contributed by atoms with van der Waals surface area (Å²) >= 11 is 0. The summed E-state index contributed by atoms with van der Waals surface area (Å²) in [6, 6.07) is 0. The van der Waals surface area contributed by atoms with Gasteiger partial charge in [-0.3, -0.25) is 0 Å². The van der Waals surface area contributed by atoms with E-state index in [2.05, 4.69) is 39.6 Å². The van der Waals surface area contributed by atoms with Crippen molar-refractivity contribution in [3.8, 4) is 0 Å². The van der Waals surface area contributed by atoms with Gasteiger partial charge >= 0.3 is 0 Å².